The first-order valence-electron chi connectivity index (χ1n) is 5.79. The molecule has 0 spiro atoms. The third kappa shape index (κ3) is 3.60. The van der Waals surface area contributed by atoms with Crippen LogP contribution in [0.2, 0.25) is 0 Å². The van der Waals surface area contributed by atoms with Gasteiger partial charge in [0.1, 0.15) is 11.5 Å². The molecule has 3 nitrogen and oxygen atoms in total. The van der Waals surface area contributed by atoms with Crippen molar-refractivity contribution in [2.75, 3.05) is 12.8 Å². The third-order valence-corrected chi connectivity index (χ3v) is 3.18. The molecular formula is C14H11BrF3NO2. The molecule has 0 unspecified atom stereocenters. The molecule has 2 rings (SSSR count). The molecule has 0 bridgehead atoms. The largest absolute Gasteiger partial charge is 0.497 e. The molecule has 0 saturated heterocycles. The first-order valence-corrected chi connectivity index (χ1v) is 6.58. The summed E-state index contributed by atoms with van der Waals surface area (Å²) in [5.41, 5.74) is 5.05. The number of anilines is 1. The summed E-state index contributed by atoms with van der Waals surface area (Å²) < 4.78 is 49.7. The maximum absolute atomic E-state index is 13.0. The number of rotatable bonds is 3. The zero-order valence-electron chi connectivity index (χ0n) is 10.9. The molecule has 0 atom stereocenters. The molecular weight excluding hydrogens is 351 g/mol. The highest BCUT2D eigenvalue weighted by molar-refractivity contribution is 9.10. The lowest BCUT2D eigenvalue weighted by molar-refractivity contribution is -0.138. The number of alkyl halides is 3. The van der Waals surface area contributed by atoms with Gasteiger partial charge in [-0.1, -0.05) is 15.9 Å². The van der Waals surface area contributed by atoms with Gasteiger partial charge >= 0.3 is 6.18 Å². The molecule has 0 aromatic heterocycles. The van der Waals surface area contributed by atoms with Crippen LogP contribution in [0.5, 0.6) is 17.2 Å². The van der Waals surface area contributed by atoms with Crippen LogP contribution in [0, 0.1) is 0 Å². The second-order valence-electron chi connectivity index (χ2n) is 4.14. The van der Waals surface area contributed by atoms with Crippen LogP contribution in [0.25, 0.3) is 0 Å². The quantitative estimate of drug-likeness (QED) is 0.794. The lowest BCUT2D eigenvalue weighted by Gasteiger charge is -2.15. The van der Waals surface area contributed by atoms with E-state index in [2.05, 4.69) is 15.9 Å². The lowest BCUT2D eigenvalue weighted by atomic mass is 10.2. The Kier molecular flexibility index (Phi) is 4.32. The summed E-state index contributed by atoms with van der Waals surface area (Å²) >= 11 is 3.12. The normalized spacial score (nSPS) is 11.3. The van der Waals surface area contributed by atoms with Crippen LogP contribution >= 0.6 is 15.9 Å². The average Bonchev–Trinajstić information content (AvgIpc) is 2.40. The zero-order valence-corrected chi connectivity index (χ0v) is 12.5. The fourth-order valence-electron chi connectivity index (χ4n) is 1.66. The molecule has 2 aromatic rings. The Morgan fingerprint density at radius 2 is 1.76 bits per heavy atom. The number of nitrogen functional groups attached to an aromatic ring is 1. The van der Waals surface area contributed by atoms with Crippen molar-refractivity contribution >= 4 is 21.6 Å². The van der Waals surface area contributed by atoms with Crippen molar-refractivity contribution in [1.82, 2.24) is 0 Å². The van der Waals surface area contributed by atoms with Gasteiger partial charge in [-0.05, 0) is 30.3 Å². The fraction of sp³-hybridized carbons (Fsp3) is 0.143. The molecule has 0 aliphatic rings. The molecule has 112 valence electrons. The van der Waals surface area contributed by atoms with Crippen LogP contribution in [-0.2, 0) is 6.18 Å². The minimum absolute atomic E-state index is 0.0953. The van der Waals surface area contributed by atoms with E-state index in [-0.39, 0.29) is 17.2 Å². The van der Waals surface area contributed by atoms with Crippen LogP contribution in [0.3, 0.4) is 0 Å². The van der Waals surface area contributed by atoms with Crippen molar-refractivity contribution in [1.29, 1.82) is 0 Å². The van der Waals surface area contributed by atoms with E-state index in [0.717, 1.165) is 6.07 Å². The molecule has 0 heterocycles. The molecule has 2 aromatic carbocycles. The second kappa shape index (κ2) is 5.85. The number of benzene rings is 2. The van der Waals surface area contributed by atoms with E-state index in [1.807, 2.05) is 0 Å². The molecule has 0 fully saturated rings. The summed E-state index contributed by atoms with van der Waals surface area (Å²) in [5, 5.41) is 0. The highest BCUT2D eigenvalue weighted by atomic mass is 79.9. The van der Waals surface area contributed by atoms with E-state index in [4.69, 9.17) is 15.2 Å². The highest BCUT2D eigenvalue weighted by Crippen LogP contribution is 2.41. The summed E-state index contributed by atoms with van der Waals surface area (Å²) in [6.07, 6.45) is -4.52. The van der Waals surface area contributed by atoms with Gasteiger partial charge in [-0.25, -0.2) is 0 Å². The zero-order chi connectivity index (χ0) is 15.6. The van der Waals surface area contributed by atoms with Gasteiger partial charge in [0.25, 0.3) is 0 Å². The molecule has 7 heteroatoms. The monoisotopic (exact) mass is 361 g/mol. The van der Waals surface area contributed by atoms with E-state index in [1.165, 1.54) is 31.4 Å². The van der Waals surface area contributed by atoms with Crippen molar-refractivity contribution < 1.29 is 22.6 Å². The van der Waals surface area contributed by atoms with Gasteiger partial charge < -0.3 is 15.2 Å². The molecule has 0 aliphatic heterocycles. The number of hydrogen-bond acceptors (Lipinski definition) is 3. The Morgan fingerprint density at radius 1 is 1.05 bits per heavy atom. The third-order valence-electron chi connectivity index (χ3n) is 2.69. The van der Waals surface area contributed by atoms with E-state index in [0.29, 0.717) is 10.2 Å². The molecule has 0 amide bonds. The first-order chi connectivity index (χ1) is 9.81. The molecule has 0 saturated carbocycles. The topological polar surface area (TPSA) is 44.5 Å². The van der Waals surface area contributed by atoms with Crippen molar-refractivity contribution in [3.8, 4) is 17.2 Å². The second-order valence-corrected chi connectivity index (χ2v) is 5.06. The summed E-state index contributed by atoms with van der Waals surface area (Å²) in [6, 6.07) is 7.99. The van der Waals surface area contributed by atoms with Crippen molar-refractivity contribution in [2.24, 2.45) is 0 Å². The molecule has 0 radical (unpaired) electrons. The van der Waals surface area contributed by atoms with Gasteiger partial charge in [0, 0.05) is 10.5 Å². The number of ether oxygens (including phenoxy) is 2. The molecule has 21 heavy (non-hydrogen) atoms. The predicted octanol–water partition coefficient (Wildman–Crippen LogP) is 4.85. The first kappa shape index (κ1) is 15.5. The summed E-state index contributed by atoms with van der Waals surface area (Å²) in [7, 11) is 1.44. The van der Waals surface area contributed by atoms with Gasteiger partial charge in [0.05, 0.1) is 18.4 Å². The van der Waals surface area contributed by atoms with E-state index in [9.17, 15) is 13.2 Å². The maximum atomic E-state index is 13.0. The Bertz CT molecular complexity index is 659. The van der Waals surface area contributed by atoms with E-state index >= 15 is 0 Å². The maximum Gasteiger partial charge on any atom is 0.419 e. The van der Waals surface area contributed by atoms with Crippen LogP contribution in [0.15, 0.2) is 40.9 Å². The van der Waals surface area contributed by atoms with Crippen LogP contribution in [-0.4, -0.2) is 7.11 Å². The fourth-order valence-corrected chi connectivity index (χ4v) is 2.00. The Balaban J connectivity index is 2.46. The van der Waals surface area contributed by atoms with Crippen LogP contribution in [0.4, 0.5) is 18.9 Å². The van der Waals surface area contributed by atoms with Gasteiger partial charge in [-0.15, -0.1) is 0 Å². The van der Waals surface area contributed by atoms with Crippen LogP contribution in [0.1, 0.15) is 5.56 Å². The van der Waals surface area contributed by atoms with Gasteiger partial charge in [0.2, 0.25) is 0 Å². The number of hydrogen-bond donors (Lipinski definition) is 1. The molecule has 0 aliphatic carbocycles. The Morgan fingerprint density at radius 3 is 2.38 bits per heavy atom. The number of halogens is 4. The van der Waals surface area contributed by atoms with Crippen molar-refractivity contribution in [3.05, 3.63) is 46.4 Å². The summed E-state index contributed by atoms with van der Waals surface area (Å²) in [4.78, 5) is 0. The smallest absolute Gasteiger partial charge is 0.419 e. The highest BCUT2D eigenvalue weighted by Gasteiger charge is 2.34. The van der Waals surface area contributed by atoms with Crippen molar-refractivity contribution in [3.63, 3.8) is 0 Å². The predicted molar refractivity (Wildman–Crippen MR) is 76.6 cm³/mol. The Hall–Kier alpha value is -1.89. The number of methoxy groups -OCH3 is 1. The average molecular weight is 362 g/mol. The summed E-state index contributed by atoms with van der Waals surface area (Å²) in [6.45, 7) is 0. The Labute approximate surface area is 127 Å². The molecule has 2 N–H and O–H groups in total. The van der Waals surface area contributed by atoms with Crippen molar-refractivity contribution in [2.45, 2.75) is 6.18 Å². The summed E-state index contributed by atoms with van der Waals surface area (Å²) in [5.74, 6) is 0.192. The van der Waals surface area contributed by atoms with E-state index < -0.39 is 11.7 Å². The van der Waals surface area contributed by atoms with Crippen LogP contribution < -0.4 is 15.2 Å². The standard InChI is InChI=1S/C14H11BrF3NO2/c1-20-9-3-5-11(19)13(7-9)21-12-6-8(15)2-4-10(12)14(16,17)18/h2-7H,19H2,1H3. The van der Waals surface area contributed by atoms with Gasteiger partial charge in [-0.3, -0.25) is 0 Å². The minimum Gasteiger partial charge on any atom is -0.497 e. The SMILES string of the molecule is COc1ccc(N)c(Oc2cc(Br)ccc2C(F)(F)F)c1. The minimum atomic E-state index is -4.52. The van der Waals surface area contributed by atoms with Gasteiger partial charge in [-0.2, -0.15) is 13.2 Å². The van der Waals surface area contributed by atoms with E-state index in [1.54, 1.807) is 6.07 Å². The number of nitrogens with two attached hydrogens (primary N) is 1. The van der Waals surface area contributed by atoms with Gasteiger partial charge in [0.15, 0.2) is 5.75 Å². The lowest BCUT2D eigenvalue weighted by Crippen LogP contribution is -2.07.